The molecule has 6 nitrogen and oxygen atoms in total. The maximum Gasteiger partial charge on any atom is 0.274 e. The van der Waals surface area contributed by atoms with E-state index in [1.807, 2.05) is 6.07 Å². The number of aromatic hydroxyl groups is 1. The van der Waals surface area contributed by atoms with Crippen molar-refractivity contribution in [3.63, 3.8) is 0 Å². The molecule has 0 aliphatic heterocycles. The number of hydrogen-bond acceptors (Lipinski definition) is 5. The standard InChI is InChI=1S/C21H15FN4O2/c22-15-7-5-13(6-8-15)11-25-21(28)19-20(27)18-16(4-2-10-24-18)17(26-19)14-3-1-9-23-12-14/h1-10,12,27H,11H2,(H,25,28). The van der Waals surface area contributed by atoms with Gasteiger partial charge in [-0.3, -0.25) is 14.8 Å². The lowest BCUT2D eigenvalue weighted by Gasteiger charge is -2.12. The first-order valence-corrected chi connectivity index (χ1v) is 8.54. The van der Waals surface area contributed by atoms with Crippen molar-refractivity contribution in [2.45, 2.75) is 6.54 Å². The van der Waals surface area contributed by atoms with Crippen LogP contribution in [0, 0.1) is 5.82 Å². The van der Waals surface area contributed by atoms with E-state index in [1.165, 1.54) is 18.3 Å². The molecule has 0 aliphatic carbocycles. The quantitative estimate of drug-likeness (QED) is 0.571. The van der Waals surface area contributed by atoms with E-state index in [9.17, 15) is 14.3 Å². The SMILES string of the molecule is O=C(NCc1ccc(F)cc1)c1nc(-c2cccnc2)c2cccnc2c1O. The Kier molecular flexibility index (Phi) is 4.63. The molecule has 2 N–H and O–H groups in total. The van der Waals surface area contributed by atoms with Crippen molar-refractivity contribution in [2.75, 3.05) is 0 Å². The summed E-state index contributed by atoms with van der Waals surface area (Å²) in [7, 11) is 0. The van der Waals surface area contributed by atoms with Crippen molar-refractivity contribution >= 4 is 16.8 Å². The number of carbonyl (C=O) groups excluding carboxylic acids is 1. The lowest BCUT2D eigenvalue weighted by atomic mass is 10.1. The van der Waals surface area contributed by atoms with Gasteiger partial charge in [-0.15, -0.1) is 0 Å². The molecule has 138 valence electrons. The molecule has 7 heteroatoms. The molecule has 0 bridgehead atoms. The number of amides is 1. The molecule has 0 atom stereocenters. The normalized spacial score (nSPS) is 10.8. The van der Waals surface area contributed by atoms with E-state index >= 15 is 0 Å². The Balaban J connectivity index is 1.73. The number of nitrogens with one attached hydrogen (secondary N) is 1. The average Bonchev–Trinajstić information content (AvgIpc) is 2.74. The zero-order chi connectivity index (χ0) is 19.5. The lowest BCUT2D eigenvalue weighted by molar-refractivity contribution is 0.0943. The number of nitrogens with zero attached hydrogens (tertiary/aromatic N) is 3. The molecule has 0 saturated carbocycles. The average molecular weight is 374 g/mol. The Labute approximate surface area is 159 Å². The van der Waals surface area contributed by atoms with Crippen LogP contribution in [0.1, 0.15) is 16.1 Å². The third-order valence-electron chi connectivity index (χ3n) is 4.25. The van der Waals surface area contributed by atoms with E-state index in [-0.39, 0.29) is 29.3 Å². The summed E-state index contributed by atoms with van der Waals surface area (Å²) in [6.07, 6.45) is 4.81. The Hall–Kier alpha value is -3.87. The molecule has 1 aromatic carbocycles. The van der Waals surface area contributed by atoms with Gasteiger partial charge in [-0.25, -0.2) is 9.37 Å². The van der Waals surface area contributed by atoms with Crippen molar-refractivity contribution in [3.05, 3.63) is 84.2 Å². The molecule has 4 aromatic rings. The molecule has 0 fully saturated rings. The molecule has 3 aromatic heterocycles. The summed E-state index contributed by atoms with van der Waals surface area (Å²) in [5.41, 5.74) is 2.07. The second-order valence-corrected chi connectivity index (χ2v) is 6.11. The van der Waals surface area contributed by atoms with Crippen molar-refractivity contribution in [2.24, 2.45) is 0 Å². The van der Waals surface area contributed by atoms with Gasteiger partial charge in [0.25, 0.3) is 5.91 Å². The maximum absolute atomic E-state index is 13.0. The zero-order valence-corrected chi connectivity index (χ0v) is 14.6. The number of benzene rings is 1. The van der Waals surface area contributed by atoms with E-state index < -0.39 is 5.91 Å². The number of rotatable bonds is 4. The minimum Gasteiger partial charge on any atom is -0.504 e. The van der Waals surface area contributed by atoms with Gasteiger partial charge in [0.15, 0.2) is 11.4 Å². The largest absolute Gasteiger partial charge is 0.504 e. The summed E-state index contributed by atoms with van der Waals surface area (Å²) in [5, 5.41) is 13.9. The van der Waals surface area contributed by atoms with Crippen LogP contribution >= 0.6 is 0 Å². The highest BCUT2D eigenvalue weighted by atomic mass is 19.1. The molecule has 3 heterocycles. The van der Waals surface area contributed by atoms with E-state index in [1.54, 1.807) is 42.7 Å². The van der Waals surface area contributed by atoms with Gasteiger partial charge in [-0.1, -0.05) is 12.1 Å². The van der Waals surface area contributed by atoms with Crippen LogP contribution in [0.15, 0.2) is 67.1 Å². The Morgan fingerprint density at radius 2 is 1.86 bits per heavy atom. The Morgan fingerprint density at radius 1 is 1.07 bits per heavy atom. The highest BCUT2D eigenvalue weighted by Crippen LogP contribution is 2.32. The summed E-state index contributed by atoms with van der Waals surface area (Å²) < 4.78 is 13.0. The summed E-state index contributed by atoms with van der Waals surface area (Å²) in [5.74, 6) is -1.20. The highest BCUT2D eigenvalue weighted by Gasteiger charge is 2.20. The predicted octanol–water partition coefficient (Wildman–Crippen LogP) is 3.47. The number of halogens is 1. The van der Waals surface area contributed by atoms with Crippen LogP contribution in [0.3, 0.4) is 0 Å². The van der Waals surface area contributed by atoms with E-state index in [4.69, 9.17) is 0 Å². The summed E-state index contributed by atoms with van der Waals surface area (Å²) in [4.78, 5) is 25.4. The highest BCUT2D eigenvalue weighted by molar-refractivity contribution is 6.04. The van der Waals surface area contributed by atoms with Crippen LogP contribution in [0.4, 0.5) is 4.39 Å². The minimum absolute atomic E-state index is 0.132. The molecule has 4 rings (SSSR count). The summed E-state index contributed by atoms with van der Waals surface area (Å²) in [6, 6.07) is 12.9. The molecule has 0 radical (unpaired) electrons. The van der Waals surface area contributed by atoms with E-state index in [2.05, 4.69) is 20.3 Å². The van der Waals surface area contributed by atoms with Gasteiger partial charge in [-0.05, 0) is 42.0 Å². The van der Waals surface area contributed by atoms with E-state index in [0.717, 1.165) is 5.56 Å². The number of fused-ring (bicyclic) bond motifs is 1. The topological polar surface area (TPSA) is 88.0 Å². The van der Waals surface area contributed by atoms with Gasteiger partial charge >= 0.3 is 0 Å². The van der Waals surface area contributed by atoms with Gasteiger partial charge in [0.05, 0.1) is 5.69 Å². The lowest BCUT2D eigenvalue weighted by Crippen LogP contribution is -2.24. The van der Waals surface area contributed by atoms with Crippen LogP contribution in [0.25, 0.3) is 22.2 Å². The number of aromatic nitrogens is 3. The molecule has 0 unspecified atom stereocenters. The van der Waals surface area contributed by atoms with Gasteiger partial charge in [0, 0.05) is 36.1 Å². The first-order chi connectivity index (χ1) is 13.6. The van der Waals surface area contributed by atoms with Gasteiger partial charge in [0.2, 0.25) is 0 Å². The molecule has 0 spiro atoms. The number of hydrogen-bond donors (Lipinski definition) is 2. The monoisotopic (exact) mass is 374 g/mol. The van der Waals surface area contributed by atoms with Crippen LogP contribution in [0.2, 0.25) is 0 Å². The van der Waals surface area contributed by atoms with Crippen molar-refractivity contribution < 1.29 is 14.3 Å². The third kappa shape index (κ3) is 3.37. The molecule has 0 saturated heterocycles. The summed E-state index contributed by atoms with van der Waals surface area (Å²) in [6.45, 7) is 0.169. The van der Waals surface area contributed by atoms with Crippen molar-refractivity contribution in [1.29, 1.82) is 0 Å². The van der Waals surface area contributed by atoms with Crippen LogP contribution < -0.4 is 5.32 Å². The van der Waals surface area contributed by atoms with Gasteiger partial charge in [0.1, 0.15) is 11.3 Å². The third-order valence-corrected chi connectivity index (χ3v) is 4.25. The Morgan fingerprint density at radius 3 is 2.61 bits per heavy atom. The summed E-state index contributed by atoms with van der Waals surface area (Å²) >= 11 is 0. The second-order valence-electron chi connectivity index (χ2n) is 6.11. The molecule has 0 aliphatic rings. The van der Waals surface area contributed by atoms with Crippen LogP contribution in [-0.2, 0) is 6.54 Å². The minimum atomic E-state index is -0.556. The van der Waals surface area contributed by atoms with Gasteiger partial charge < -0.3 is 10.4 Å². The van der Waals surface area contributed by atoms with Gasteiger partial charge in [-0.2, -0.15) is 0 Å². The fraction of sp³-hybridized carbons (Fsp3) is 0.0476. The van der Waals surface area contributed by atoms with Crippen molar-refractivity contribution in [1.82, 2.24) is 20.3 Å². The molecular formula is C21H15FN4O2. The van der Waals surface area contributed by atoms with E-state index in [0.29, 0.717) is 16.6 Å². The molecular weight excluding hydrogens is 359 g/mol. The fourth-order valence-corrected chi connectivity index (χ4v) is 2.87. The Bertz CT molecular complexity index is 1150. The van der Waals surface area contributed by atoms with Crippen molar-refractivity contribution in [3.8, 4) is 17.0 Å². The zero-order valence-electron chi connectivity index (χ0n) is 14.6. The fourth-order valence-electron chi connectivity index (χ4n) is 2.87. The van der Waals surface area contributed by atoms with Crippen LogP contribution in [-0.4, -0.2) is 26.0 Å². The first kappa shape index (κ1) is 17.5. The number of carbonyl (C=O) groups is 1. The first-order valence-electron chi connectivity index (χ1n) is 8.54. The molecule has 28 heavy (non-hydrogen) atoms. The number of pyridine rings is 3. The smallest absolute Gasteiger partial charge is 0.274 e. The second kappa shape index (κ2) is 7.40. The molecule has 1 amide bonds. The van der Waals surface area contributed by atoms with Crippen LogP contribution in [0.5, 0.6) is 5.75 Å². The predicted molar refractivity (Wildman–Crippen MR) is 102 cm³/mol. The maximum atomic E-state index is 13.0.